The van der Waals surface area contributed by atoms with Gasteiger partial charge in [0.1, 0.15) is 11.5 Å². The molecule has 0 fully saturated rings. The van der Waals surface area contributed by atoms with Crippen LogP contribution in [-0.2, 0) is 4.79 Å². The predicted molar refractivity (Wildman–Crippen MR) is 137 cm³/mol. The molecule has 0 atom stereocenters. The van der Waals surface area contributed by atoms with Crippen LogP contribution in [0.3, 0.4) is 0 Å². The molecule has 6 aromatic heterocycles. The third-order valence-corrected chi connectivity index (χ3v) is 6.65. The van der Waals surface area contributed by atoms with Crippen LogP contribution in [0, 0.1) is 5.82 Å². The predicted octanol–water partition coefficient (Wildman–Crippen LogP) is 5.56. The summed E-state index contributed by atoms with van der Waals surface area (Å²) in [6, 6.07) is 7.59. The van der Waals surface area contributed by atoms with Crippen molar-refractivity contribution in [3.63, 3.8) is 0 Å². The molecule has 36 heavy (non-hydrogen) atoms. The molecular weight excluding hydrogens is 479 g/mol. The number of nitrogens with one attached hydrogen (secondary N) is 3. The summed E-state index contributed by atoms with van der Waals surface area (Å²) in [5.41, 5.74) is 4.02. The van der Waals surface area contributed by atoms with Crippen LogP contribution >= 0.6 is 11.3 Å². The minimum atomic E-state index is -0.519. The van der Waals surface area contributed by atoms with Crippen LogP contribution in [0.5, 0.6) is 0 Å². The molecule has 6 rings (SSSR count). The van der Waals surface area contributed by atoms with Gasteiger partial charge in [-0.05, 0) is 30.0 Å². The van der Waals surface area contributed by atoms with Crippen LogP contribution in [0.1, 0.15) is 19.8 Å². The number of aromatic nitrogens is 7. The fraction of sp³-hybridized carbons (Fsp3) is 0.120. The Kier molecular flexibility index (Phi) is 5.45. The second kappa shape index (κ2) is 8.93. The van der Waals surface area contributed by atoms with Crippen LogP contribution in [0.15, 0.2) is 54.4 Å². The van der Waals surface area contributed by atoms with E-state index in [0.29, 0.717) is 34.8 Å². The zero-order chi connectivity index (χ0) is 24.6. The van der Waals surface area contributed by atoms with Crippen LogP contribution in [0.2, 0.25) is 0 Å². The first-order chi connectivity index (χ1) is 17.6. The molecule has 0 aliphatic carbocycles. The van der Waals surface area contributed by atoms with Gasteiger partial charge in [-0.2, -0.15) is 5.10 Å². The summed E-state index contributed by atoms with van der Waals surface area (Å²) in [7, 11) is 0. The standard InChI is InChI=1S/C25H19FN8OS/c1-2-4-18(35)30-14-9-13(10-27-11-14)16-12-29-23-19(20(16)26)22(33-34-23)25-31-21-15(17-5-3-8-36-17)6-7-28-24(21)32-25/h3,5-12H,2,4H2,1H3,(H,30,35)(H,28,31,32)(H,29,33,34). The lowest BCUT2D eigenvalue weighted by Gasteiger charge is -2.08. The van der Waals surface area contributed by atoms with Gasteiger partial charge in [-0.15, -0.1) is 11.3 Å². The number of imidazole rings is 1. The van der Waals surface area contributed by atoms with E-state index < -0.39 is 5.82 Å². The summed E-state index contributed by atoms with van der Waals surface area (Å²) in [4.78, 5) is 33.8. The third kappa shape index (κ3) is 3.79. The Hall–Kier alpha value is -4.51. The zero-order valence-electron chi connectivity index (χ0n) is 19.0. The monoisotopic (exact) mass is 498 g/mol. The second-order valence-electron chi connectivity index (χ2n) is 8.16. The van der Waals surface area contributed by atoms with Gasteiger partial charge in [0.05, 0.1) is 22.8 Å². The van der Waals surface area contributed by atoms with E-state index in [0.717, 1.165) is 22.4 Å². The number of hydrogen-bond acceptors (Lipinski definition) is 7. The Balaban J connectivity index is 1.44. The molecule has 0 radical (unpaired) electrons. The number of rotatable bonds is 6. The number of carbonyl (C=O) groups is 1. The first-order valence-electron chi connectivity index (χ1n) is 11.3. The van der Waals surface area contributed by atoms with E-state index in [1.807, 2.05) is 30.5 Å². The van der Waals surface area contributed by atoms with Gasteiger partial charge in [-0.25, -0.2) is 19.3 Å². The molecule has 3 N–H and O–H groups in total. The van der Waals surface area contributed by atoms with E-state index in [-0.39, 0.29) is 22.5 Å². The van der Waals surface area contributed by atoms with Crippen LogP contribution in [0.4, 0.5) is 10.1 Å². The number of carbonyl (C=O) groups excluding carboxylic acids is 1. The average Bonchev–Trinajstić information content (AvgIpc) is 3.63. The summed E-state index contributed by atoms with van der Waals surface area (Å²) in [5.74, 6) is -0.238. The number of halogens is 1. The number of pyridine rings is 3. The van der Waals surface area contributed by atoms with E-state index in [4.69, 9.17) is 0 Å². The van der Waals surface area contributed by atoms with E-state index in [1.165, 1.54) is 18.6 Å². The van der Waals surface area contributed by atoms with Crippen molar-refractivity contribution in [2.75, 3.05) is 5.32 Å². The fourth-order valence-corrected chi connectivity index (χ4v) is 4.85. The highest BCUT2D eigenvalue weighted by Gasteiger charge is 2.21. The molecule has 1 amide bonds. The van der Waals surface area contributed by atoms with Gasteiger partial charge >= 0.3 is 0 Å². The Labute approximate surface area is 207 Å². The normalized spacial score (nSPS) is 11.4. The molecule has 0 saturated heterocycles. The molecule has 6 aromatic rings. The van der Waals surface area contributed by atoms with Crippen molar-refractivity contribution >= 4 is 45.1 Å². The highest BCUT2D eigenvalue weighted by Crippen LogP contribution is 2.35. The average molecular weight is 499 g/mol. The molecule has 178 valence electrons. The van der Waals surface area contributed by atoms with Crippen LogP contribution < -0.4 is 5.32 Å². The quantitative estimate of drug-likeness (QED) is 0.276. The number of aromatic amines is 2. The maximum absolute atomic E-state index is 15.9. The topological polar surface area (TPSA) is 125 Å². The first kappa shape index (κ1) is 22.0. The molecule has 0 bridgehead atoms. The molecule has 11 heteroatoms. The summed E-state index contributed by atoms with van der Waals surface area (Å²) in [6.07, 6.45) is 7.28. The largest absolute Gasteiger partial charge is 0.335 e. The summed E-state index contributed by atoms with van der Waals surface area (Å²) in [5, 5.41) is 12.0. The van der Waals surface area contributed by atoms with Crippen molar-refractivity contribution in [3.8, 4) is 33.1 Å². The Bertz CT molecular complexity index is 1720. The van der Waals surface area contributed by atoms with Crippen molar-refractivity contribution in [2.45, 2.75) is 19.8 Å². The number of anilines is 1. The smallest absolute Gasteiger partial charge is 0.224 e. The van der Waals surface area contributed by atoms with Gasteiger partial charge in [0.25, 0.3) is 0 Å². The van der Waals surface area contributed by atoms with Crippen molar-refractivity contribution in [2.24, 2.45) is 0 Å². The highest BCUT2D eigenvalue weighted by molar-refractivity contribution is 7.13. The minimum Gasteiger partial charge on any atom is -0.335 e. The molecule has 0 saturated carbocycles. The lowest BCUT2D eigenvalue weighted by atomic mass is 10.1. The molecule has 0 spiro atoms. The van der Waals surface area contributed by atoms with Gasteiger partial charge in [0.15, 0.2) is 17.1 Å². The van der Waals surface area contributed by atoms with E-state index >= 15 is 4.39 Å². The molecule has 0 aliphatic rings. The van der Waals surface area contributed by atoms with Gasteiger partial charge < -0.3 is 10.3 Å². The van der Waals surface area contributed by atoms with Crippen molar-refractivity contribution in [1.29, 1.82) is 0 Å². The van der Waals surface area contributed by atoms with Crippen LogP contribution in [0.25, 0.3) is 55.3 Å². The zero-order valence-corrected chi connectivity index (χ0v) is 19.9. The fourth-order valence-electron chi connectivity index (χ4n) is 4.10. The molecule has 9 nitrogen and oxygen atoms in total. The van der Waals surface area contributed by atoms with Gasteiger partial charge in [-0.1, -0.05) is 13.0 Å². The lowest BCUT2D eigenvalue weighted by molar-refractivity contribution is -0.116. The Morgan fingerprint density at radius 1 is 1.14 bits per heavy atom. The summed E-state index contributed by atoms with van der Waals surface area (Å²) >= 11 is 1.61. The van der Waals surface area contributed by atoms with Crippen molar-refractivity contribution < 1.29 is 9.18 Å². The Morgan fingerprint density at radius 2 is 2.06 bits per heavy atom. The summed E-state index contributed by atoms with van der Waals surface area (Å²) < 4.78 is 15.9. The number of thiophene rings is 1. The molecular formula is C25H19FN8OS. The lowest BCUT2D eigenvalue weighted by Crippen LogP contribution is -2.10. The summed E-state index contributed by atoms with van der Waals surface area (Å²) in [6.45, 7) is 1.92. The number of nitrogens with zero attached hydrogens (tertiary/aromatic N) is 5. The van der Waals surface area contributed by atoms with Gasteiger partial charge in [0.2, 0.25) is 5.91 Å². The molecule has 0 aliphatic heterocycles. The van der Waals surface area contributed by atoms with E-state index in [1.54, 1.807) is 23.6 Å². The SMILES string of the molecule is CCCC(=O)Nc1cncc(-c2cnc3n[nH]c(-c4nc5nccc(-c6cccs6)c5[nH]4)c3c2F)c1. The maximum atomic E-state index is 15.9. The molecule has 0 aromatic carbocycles. The Morgan fingerprint density at radius 3 is 2.89 bits per heavy atom. The van der Waals surface area contributed by atoms with Gasteiger partial charge in [-0.3, -0.25) is 14.9 Å². The minimum absolute atomic E-state index is 0.122. The molecule has 0 unspecified atom stereocenters. The van der Waals surface area contributed by atoms with Crippen molar-refractivity contribution in [1.82, 2.24) is 35.1 Å². The number of amides is 1. The third-order valence-electron chi connectivity index (χ3n) is 5.74. The number of hydrogen-bond donors (Lipinski definition) is 3. The van der Waals surface area contributed by atoms with E-state index in [2.05, 4.69) is 40.4 Å². The van der Waals surface area contributed by atoms with Crippen LogP contribution in [-0.4, -0.2) is 41.0 Å². The first-order valence-corrected chi connectivity index (χ1v) is 12.2. The molecule has 6 heterocycles. The number of fused-ring (bicyclic) bond motifs is 2. The van der Waals surface area contributed by atoms with Gasteiger partial charge in [0, 0.05) is 46.6 Å². The maximum Gasteiger partial charge on any atom is 0.224 e. The second-order valence-corrected chi connectivity index (χ2v) is 9.11. The number of H-pyrrole nitrogens is 2. The van der Waals surface area contributed by atoms with Crippen molar-refractivity contribution in [3.05, 3.63) is 60.3 Å². The highest BCUT2D eigenvalue weighted by atomic mass is 32.1. The van der Waals surface area contributed by atoms with E-state index in [9.17, 15) is 4.79 Å².